The number of aromatic nitrogens is 3. The number of hydrogen-bond donors (Lipinski definition) is 2. The molecule has 0 atom stereocenters. The van der Waals surface area contributed by atoms with Crippen LogP contribution in [0.4, 0.5) is 0 Å². The zero-order chi connectivity index (χ0) is 19.3. The molecule has 0 aliphatic rings. The topological polar surface area (TPSA) is 119 Å². The summed E-state index contributed by atoms with van der Waals surface area (Å²) >= 11 is 8.40. The van der Waals surface area contributed by atoms with Gasteiger partial charge in [0.2, 0.25) is 4.77 Å². The van der Waals surface area contributed by atoms with Crippen LogP contribution in [0.2, 0.25) is 0 Å². The summed E-state index contributed by atoms with van der Waals surface area (Å²) in [5.74, 6) is -0.0180. The van der Waals surface area contributed by atoms with E-state index in [4.69, 9.17) is 26.8 Å². The number of rotatable bonds is 7. The first kappa shape index (κ1) is 19.8. The Bertz CT molecular complexity index is 969. The van der Waals surface area contributed by atoms with Gasteiger partial charge in [0.15, 0.2) is 11.5 Å². The predicted octanol–water partition coefficient (Wildman–Crippen LogP) is 1.98. The van der Waals surface area contributed by atoms with Gasteiger partial charge in [0.05, 0.1) is 31.3 Å². The number of methoxy groups -OCH3 is 2. The van der Waals surface area contributed by atoms with E-state index in [1.54, 1.807) is 12.1 Å². The van der Waals surface area contributed by atoms with E-state index in [-0.39, 0.29) is 23.3 Å². The Morgan fingerprint density at radius 3 is 2.81 bits per heavy atom. The maximum absolute atomic E-state index is 12.4. The van der Waals surface area contributed by atoms with Gasteiger partial charge in [0.25, 0.3) is 5.56 Å². The fourth-order valence-corrected chi connectivity index (χ4v) is 2.85. The third-order valence-electron chi connectivity index (χ3n) is 3.27. The van der Waals surface area contributed by atoms with Crippen LogP contribution in [-0.4, -0.2) is 46.4 Å². The molecule has 0 spiro atoms. The van der Waals surface area contributed by atoms with E-state index in [9.17, 15) is 9.59 Å². The molecule has 0 bridgehead atoms. The van der Waals surface area contributed by atoms with Crippen LogP contribution in [0, 0.1) is 4.77 Å². The quantitative estimate of drug-likeness (QED) is 0.496. The zero-order valence-electron chi connectivity index (χ0n) is 13.9. The second kappa shape index (κ2) is 8.72. The minimum absolute atomic E-state index is 0.00938. The molecule has 1 aromatic carbocycles. The average Bonchev–Trinajstić information content (AvgIpc) is 2.60. The molecule has 1 aromatic heterocycles. The van der Waals surface area contributed by atoms with Crippen LogP contribution in [0.3, 0.4) is 0 Å². The smallest absolute Gasteiger partial charge is 0.303 e. The van der Waals surface area contributed by atoms with Crippen molar-refractivity contribution in [1.29, 1.82) is 0 Å². The SMILES string of the molecule is COc1cc(/C=N\n2c(=S)[nH]nc(CCC(=O)O)c2=O)cc(Br)c1OC. The highest BCUT2D eigenvalue weighted by Gasteiger charge is 2.11. The van der Waals surface area contributed by atoms with Crippen molar-refractivity contribution in [3.8, 4) is 11.5 Å². The maximum atomic E-state index is 12.4. The van der Waals surface area contributed by atoms with Crippen LogP contribution < -0.4 is 15.0 Å². The van der Waals surface area contributed by atoms with Crippen molar-refractivity contribution < 1.29 is 19.4 Å². The first-order chi connectivity index (χ1) is 12.4. The summed E-state index contributed by atoms with van der Waals surface area (Å²) in [6.07, 6.45) is 1.16. The lowest BCUT2D eigenvalue weighted by Crippen LogP contribution is -2.25. The molecule has 11 heteroatoms. The lowest BCUT2D eigenvalue weighted by Gasteiger charge is -2.10. The Labute approximate surface area is 161 Å². The Morgan fingerprint density at radius 2 is 2.19 bits per heavy atom. The van der Waals surface area contributed by atoms with Gasteiger partial charge in [-0.3, -0.25) is 14.7 Å². The van der Waals surface area contributed by atoms with Crippen molar-refractivity contribution in [2.24, 2.45) is 5.10 Å². The predicted molar refractivity (Wildman–Crippen MR) is 99.9 cm³/mol. The summed E-state index contributed by atoms with van der Waals surface area (Å²) in [5, 5.41) is 19.1. The molecule has 9 nitrogen and oxygen atoms in total. The summed E-state index contributed by atoms with van der Waals surface area (Å²) in [5.41, 5.74) is 0.0807. The molecular weight excluding hydrogens is 428 g/mol. The number of nitrogens with zero attached hydrogens (tertiary/aromatic N) is 3. The summed E-state index contributed by atoms with van der Waals surface area (Å²) in [4.78, 5) is 23.0. The fraction of sp³-hybridized carbons (Fsp3) is 0.267. The number of carboxylic acids is 1. The van der Waals surface area contributed by atoms with E-state index in [1.165, 1.54) is 20.4 Å². The number of carboxylic acid groups (broad SMARTS) is 1. The van der Waals surface area contributed by atoms with Crippen LogP contribution in [0.25, 0.3) is 0 Å². The van der Waals surface area contributed by atoms with E-state index < -0.39 is 11.5 Å². The van der Waals surface area contributed by atoms with Gasteiger partial charge in [-0.05, 0) is 45.8 Å². The van der Waals surface area contributed by atoms with Crippen molar-refractivity contribution in [3.05, 3.63) is 43.0 Å². The van der Waals surface area contributed by atoms with Crippen LogP contribution in [0.15, 0.2) is 26.5 Å². The van der Waals surface area contributed by atoms with Gasteiger partial charge in [-0.15, -0.1) is 0 Å². The molecule has 2 N–H and O–H groups in total. The number of benzene rings is 1. The van der Waals surface area contributed by atoms with Crippen molar-refractivity contribution in [2.45, 2.75) is 12.8 Å². The van der Waals surface area contributed by atoms with Crippen LogP contribution in [0.1, 0.15) is 17.7 Å². The number of halogens is 1. The summed E-state index contributed by atoms with van der Waals surface area (Å²) in [6, 6.07) is 3.41. The number of nitrogens with one attached hydrogen (secondary N) is 1. The third kappa shape index (κ3) is 4.55. The van der Waals surface area contributed by atoms with E-state index >= 15 is 0 Å². The van der Waals surface area contributed by atoms with Crippen molar-refractivity contribution >= 4 is 40.3 Å². The lowest BCUT2D eigenvalue weighted by atomic mass is 10.2. The molecule has 2 rings (SSSR count). The Balaban J connectivity index is 2.40. The summed E-state index contributed by atoms with van der Waals surface area (Å²) in [6.45, 7) is 0. The molecule has 0 saturated carbocycles. The lowest BCUT2D eigenvalue weighted by molar-refractivity contribution is -0.136. The fourth-order valence-electron chi connectivity index (χ4n) is 2.05. The minimum atomic E-state index is -1.03. The van der Waals surface area contributed by atoms with Gasteiger partial charge in [-0.2, -0.15) is 14.9 Å². The highest BCUT2D eigenvalue weighted by Crippen LogP contribution is 2.35. The molecule has 0 aliphatic heterocycles. The first-order valence-corrected chi connectivity index (χ1v) is 8.45. The van der Waals surface area contributed by atoms with Gasteiger partial charge < -0.3 is 14.6 Å². The minimum Gasteiger partial charge on any atom is -0.493 e. The highest BCUT2D eigenvalue weighted by atomic mass is 79.9. The Morgan fingerprint density at radius 1 is 1.46 bits per heavy atom. The van der Waals surface area contributed by atoms with Crippen molar-refractivity contribution in [1.82, 2.24) is 14.9 Å². The molecule has 2 aromatic rings. The average molecular weight is 443 g/mol. The number of ether oxygens (including phenoxy) is 2. The molecule has 26 heavy (non-hydrogen) atoms. The summed E-state index contributed by atoms with van der Waals surface area (Å²) in [7, 11) is 3.02. The monoisotopic (exact) mass is 442 g/mol. The van der Waals surface area contributed by atoms with E-state index in [2.05, 4.69) is 31.2 Å². The number of aromatic amines is 1. The number of aliphatic carboxylic acids is 1. The van der Waals surface area contributed by atoms with Crippen LogP contribution in [-0.2, 0) is 11.2 Å². The third-order valence-corrected chi connectivity index (χ3v) is 4.13. The highest BCUT2D eigenvalue weighted by molar-refractivity contribution is 9.10. The molecular formula is C15H15BrN4O5S. The first-order valence-electron chi connectivity index (χ1n) is 7.25. The van der Waals surface area contributed by atoms with Crippen molar-refractivity contribution in [2.75, 3.05) is 14.2 Å². The van der Waals surface area contributed by atoms with E-state index in [1.807, 2.05) is 0 Å². The number of aryl methyl sites for hydroxylation is 1. The van der Waals surface area contributed by atoms with Crippen molar-refractivity contribution in [3.63, 3.8) is 0 Å². The van der Waals surface area contributed by atoms with E-state index in [0.29, 0.717) is 21.5 Å². The molecule has 0 amide bonds. The van der Waals surface area contributed by atoms with Gasteiger partial charge >= 0.3 is 5.97 Å². The Kier molecular flexibility index (Phi) is 6.64. The molecule has 0 unspecified atom stereocenters. The Hall–Kier alpha value is -2.53. The molecule has 0 radical (unpaired) electrons. The van der Waals surface area contributed by atoms with Gasteiger partial charge in [-0.25, -0.2) is 0 Å². The van der Waals surface area contributed by atoms with Gasteiger partial charge in [0.1, 0.15) is 5.69 Å². The number of hydrogen-bond acceptors (Lipinski definition) is 7. The molecule has 0 aliphatic carbocycles. The zero-order valence-corrected chi connectivity index (χ0v) is 16.3. The van der Waals surface area contributed by atoms with E-state index in [0.717, 1.165) is 4.68 Å². The molecule has 138 valence electrons. The summed E-state index contributed by atoms with van der Waals surface area (Å²) < 4.78 is 12.1. The number of carbonyl (C=O) groups is 1. The molecule has 0 saturated heterocycles. The van der Waals surface area contributed by atoms with Gasteiger partial charge in [-0.1, -0.05) is 0 Å². The molecule has 1 heterocycles. The largest absolute Gasteiger partial charge is 0.493 e. The maximum Gasteiger partial charge on any atom is 0.303 e. The second-order valence-corrected chi connectivity index (χ2v) is 6.21. The number of H-pyrrole nitrogens is 1. The second-order valence-electron chi connectivity index (χ2n) is 4.97. The van der Waals surface area contributed by atoms with Crippen LogP contribution in [0.5, 0.6) is 11.5 Å². The van der Waals surface area contributed by atoms with Gasteiger partial charge in [0, 0.05) is 6.42 Å². The standard InChI is InChI=1S/C15H15BrN4O5S/c1-24-11-6-8(5-9(16)13(11)25-2)7-17-20-14(23)10(3-4-12(21)22)18-19-15(20)26/h5-7H,3-4H2,1-2H3,(H,19,26)(H,21,22)/b17-7-. The molecule has 0 fully saturated rings. The van der Waals surface area contributed by atoms with Crippen LogP contribution >= 0.6 is 28.1 Å². The normalized spacial score (nSPS) is 10.9.